The Balaban J connectivity index is 2.02. The Hall–Kier alpha value is -1.66. The fraction of sp³-hybridized carbons (Fsp3) is 0.154. The lowest BCUT2D eigenvalue weighted by Gasteiger charge is -1.96. The van der Waals surface area contributed by atoms with Crippen LogP contribution in [0.5, 0.6) is 0 Å². The molecule has 3 aromatic heterocycles. The van der Waals surface area contributed by atoms with Gasteiger partial charge < -0.3 is 0 Å². The molecule has 6 heteroatoms. The van der Waals surface area contributed by atoms with Gasteiger partial charge in [0.05, 0.1) is 11.9 Å². The standard InChI is InChI=1S/C13H12N4S2/c1-9-13(17-8-11(18-2)7-15-17)19-12(16-9)10-4-3-5-14-6-10/h3-8H,1-2H3. The third-order valence-corrected chi connectivity index (χ3v) is 4.56. The second kappa shape index (κ2) is 5.14. The highest BCUT2D eigenvalue weighted by Crippen LogP contribution is 2.30. The van der Waals surface area contributed by atoms with E-state index in [1.165, 1.54) is 0 Å². The normalized spacial score (nSPS) is 10.8. The molecule has 0 N–H and O–H groups in total. The summed E-state index contributed by atoms with van der Waals surface area (Å²) in [5.74, 6) is 0. The highest BCUT2D eigenvalue weighted by atomic mass is 32.2. The van der Waals surface area contributed by atoms with Crippen LogP contribution < -0.4 is 0 Å². The molecule has 0 aliphatic heterocycles. The fourth-order valence-electron chi connectivity index (χ4n) is 1.74. The van der Waals surface area contributed by atoms with Gasteiger partial charge in [0.15, 0.2) is 0 Å². The van der Waals surface area contributed by atoms with Crippen molar-refractivity contribution in [3.05, 3.63) is 42.6 Å². The van der Waals surface area contributed by atoms with Gasteiger partial charge >= 0.3 is 0 Å². The van der Waals surface area contributed by atoms with Crippen LogP contribution in [0.4, 0.5) is 0 Å². The van der Waals surface area contributed by atoms with Crippen molar-refractivity contribution in [2.24, 2.45) is 0 Å². The predicted molar refractivity (Wildman–Crippen MR) is 79.0 cm³/mol. The zero-order valence-electron chi connectivity index (χ0n) is 10.6. The zero-order valence-corrected chi connectivity index (χ0v) is 12.2. The number of thiazole rings is 1. The number of hydrogen-bond acceptors (Lipinski definition) is 5. The number of pyridine rings is 1. The van der Waals surface area contributed by atoms with E-state index in [1.54, 1.807) is 29.3 Å². The fourth-order valence-corrected chi connectivity index (χ4v) is 3.09. The van der Waals surface area contributed by atoms with Crippen LogP contribution in [-0.4, -0.2) is 26.0 Å². The first-order valence-corrected chi connectivity index (χ1v) is 7.79. The number of thioether (sulfide) groups is 1. The molecule has 0 radical (unpaired) electrons. The molecule has 96 valence electrons. The van der Waals surface area contributed by atoms with Crippen molar-refractivity contribution in [3.63, 3.8) is 0 Å². The van der Waals surface area contributed by atoms with Crippen molar-refractivity contribution in [2.45, 2.75) is 11.8 Å². The molecule has 19 heavy (non-hydrogen) atoms. The maximum absolute atomic E-state index is 4.60. The van der Waals surface area contributed by atoms with E-state index in [2.05, 4.69) is 15.1 Å². The van der Waals surface area contributed by atoms with E-state index in [4.69, 9.17) is 0 Å². The van der Waals surface area contributed by atoms with Gasteiger partial charge in [-0.1, -0.05) is 11.3 Å². The smallest absolute Gasteiger partial charge is 0.140 e. The van der Waals surface area contributed by atoms with Crippen LogP contribution >= 0.6 is 23.1 Å². The van der Waals surface area contributed by atoms with Gasteiger partial charge in [0.2, 0.25) is 0 Å². The van der Waals surface area contributed by atoms with Crippen molar-refractivity contribution in [1.29, 1.82) is 0 Å². The predicted octanol–water partition coefficient (Wildman–Crippen LogP) is 3.42. The van der Waals surface area contributed by atoms with Crippen LogP contribution in [0.25, 0.3) is 15.6 Å². The lowest BCUT2D eigenvalue weighted by molar-refractivity contribution is 0.884. The van der Waals surface area contributed by atoms with Crippen LogP contribution in [0.15, 0.2) is 41.8 Å². The maximum Gasteiger partial charge on any atom is 0.140 e. The van der Waals surface area contributed by atoms with Gasteiger partial charge in [-0.2, -0.15) is 5.10 Å². The average Bonchev–Trinajstić information content (AvgIpc) is 3.06. The van der Waals surface area contributed by atoms with E-state index in [1.807, 2.05) is 48.6 Å². The summed E-state index contributed by atoms with van der Waals surface area (Å²) >= 11 is 3.31. The SMILES string of the molecule is CSc1cnn(-c2sc(-c3cccnc3)nc2C)c1. The lowest BCUT2D eigenvalue weighted by Crippen LogP contribution is -1.92. The molecule has 3 heterocycles. The van der Waals surface area contributed by atoms with Crippen molar-refractivity contribution >= 4 is 23.1 Å². The second-order valence-electron chi connectivity index (χ2n) is 3.98. The molecule has 0 bridgehead atoms. The highest BCUT2D eigenvalue weighted by molar-refractivity contribution is 7.98. The first-order valence-electron chi connectivity index (χ1n) is 5.75. The Bertz CT molecular complexity index is 688. The Labute approximate surface area is 119 Å². The minimum Gasteiger partial charge on any atom is -0.264 e. The second-order valence-corrected chi connectivity index (χ2v) is 5.83. The number of aryl methyl sites for hydroxylation is 1. The number of aromatic nitrogens is 4. The van der Waals surface area contributed by atoms with Gasteiger partial charge in [-0.15, -0.1) is 11.8 Å². The van der Waals surface area contributed by atoms with Crippen LogP contribution in [0.2, 0.25) is 0 Å². The van der Waals surface area contributed by atoms with E-state index in [-0.39, 0.29) is 0 Å². The van der Waals surface area contributed by atoms with E-state index in [9.17, 15) is 0 Å². The first kappa shape index (κ1) is 12.4. The minimum atomic E-state index is 0.974. The summed E-state index contributed by atoms with van der Waals surface area (Å²) in [5, 5.41) is 6.40. The number of rotatable bonds is 3. The molecule has 0 fully saturated rings. The van der Waals surface area contributed by atoms with Crippen LogP contribution in [0.1, 0.15) is 5.69 Å². The summed E-state index contributed by atoms with van der Waals surface area (Å²) in [7, 11) is 0. The van der Waals surface area contributed by atoms with Crippen LogP contribution in [0, 0.1) is 6.92 Å². The molecule has 0 aliphatic carbocycles. The molecule has 4 nitrogen and oxygen atoms in total. The Morgan fingerprint density at radius 2 is 2.21 bits per heavy atom. The third-order valence-electron chi connectivity index (χ3n) is 2.68. The molecule has 0 saturated heterocycles. The Kier molecular flexibility index (Phi) is 3.35. The minimum absolute atomic E-state index is 0.974. The highest BCUT2D eigenvalue weighted by Gasteiger charge is 2.12. The topological polar surface area (TPSA) is 43.6 Å². The molecule has 0 aliphatic rings. The summed E-state index contributed by atoms with van der Waals surface area (Å²) in [4.78, 5) is 9.88. The summed E-state index contributed by atoms with van der Waals surface area (Å²) < 4.78 is 1.89. The van der Waals surface area contributed by atoms with E-state index in [0.29, 0.717) is 0 Å². The zero-order chi connectivity index (χ0) is 13.2. The van der Waals surface area contributed by atoms with Crippen molar-refractivity contribution in [1.82, 2.24) is 19.7 Å². The van der Waals surface area contributed by atoms with Gasteiger partial charge in [0.25, 0.3) is 0 Å². The molecule has 0 unspecified atom stereocenters. The van der Waals surface area contributed by atoms with Gasteiger partial charge in [0, 0.05) is 29.0 Å². The summed E-state index contributed by atoms with van der Waals surface area (Å²) in [5.41, 5.74) is 2.03. The summed E-state index contributed by atoms with van der Waals surface area (Å²) in [6.45, 7) is 2.01. The molecule has 0 saturated carbocycles. The molecule has 0 atom stereocenters. The molecule has 0 amide bonds. The van der Waals surface area contributed by atoms with E-state index < -0.39 is 0 Å². The van der Waals surface area contributed by atoms with Gasteiger partial charge in [-0.25, -0.2) is 9.67 Å². The van der Waals surface area contributed by atoms with Gasteiger partial charge in [0.1, 0.15) is 10.0 Å². The van der Waals surface area contributed by atoms with Crippen LogP contribution in [-0.2, 0) is 0 Å². The monoisotopic (exact) mass is 288 g/mol. The van der Waals surface area contributed by atoms with E-state index in [0.717, 1.165) is 26.2 Å². The number of nitrogens with zero attached hydrogens (tertiary/aromatic N) is 4. The Morgan fingerprint density at radius 1 is 1.32 bits per heavy atom. The molecule has 3 aromatic rings. The largest absolute Gasteiger partial charge is 0.264 e. The average molecular weight is 288 g/mol. The van der Waals surface area contributed by atoms with Crippen molar-refractivity contribution in [3.8, 4) is 15.6 Å². The van der Waals surface area contributed by atoms with Crippen molar-refractivity contribution in [2.75, 3.05) is 6.26 Å². The molecule has 0 spiro atoms. The van der Waals surface area contributed by atoms with Crippen LogP contribution in [0.3, 0.4) is 0 Å². The van der Waals surface area contributed by atoms with Gasteiger partial charge in [-0.05, 0) is 25.3 Å². The molecular formula is C13H12N4S2. The maximum atomic E-state index is 4.60. The van der Waals surface area contributed by atoms with Crippen molar-refractivity contribution < 1.29 is 0 Å². The first-order chi connectivity index (χ1) is 9.28. The quantitative estimate of drug-likeness (QED) is 0.693. The molecule has 0 aromatic carbocycles. The number of hydrogen-bond donors (Lipinski definition) is 0. The summed E-state index contributed by atoms with van der Waals surface area (Å²) in [6, 6.07) is 3.94. The third kappa shape index (κ3) is 2.41. The van der Waals surface area contributed by atoms with Gasteiger partial charge in [-0.3, -0.25) is 4.98 Å². The molecular weight excluding hydrogens is 276 g/mol. The summed E-state index contributed by atoms with van der Waals surface area (Å²) in [6.07, 6.45) is 9.54. The molecule has 3 rings (SSSR count). The Morgan fingerprint density at radius 3 is 2.89 bits per heavy atom. The lowest BCUT2D eigenvalue weighted by atomic mass is 10.3. The van der Waals surface area contributed by atoms with E-state index >= 15 is 0 Å².